The maximum absolute atomic E-state index is 6.40. The van der Waals surface area contributed by atoms with Crippen LogP contribution in [0.4, 0.5) is 11.6 Å². The number of fused-ring (bicyclic) bond motifs is 2. The third-order valence-electron chi connectivity index (χ3n) is 4.44. The fourth-order valence-electron chi connectivity index (χ4n) is 3.21. The van der Waals surface area contributed by atoms with E-state index in [9.17, 15) is 0 Å². The highest BCUT2D eigenvalue weighted by atomic mass is 35.5. The molecule has 1 aliphatic rings. The predicted molar refractivity (Wildman–Crippen MR) is 97.5 cm³/mol. The highest BCUT2D eigenvalue weighted by Crippen LogP contribution is 2.34. The van der Waals surface area contributed by atoms with Gasteiger partial charge in [0.2, 0.25) is 5.95 Å². The molecule has 5 heteroatoms. The van der Waals surface area contributed by atoms with Crippen LogP contribution in [0.5, 0.6) is 5.75 Å². The maximum atomic E-state index is 6.40. The molecule has 0 unspecified atom stereocenters. The zero-order valence-corrected chi connectivity index (χ0v) is 14.3. The Kier molecular flexibility index (Phi) is 3.98. The molecule has 0 saturated heterocycles. The second-order valence-electron chi connectivity index (χ2n) is 5.93. The predicted octanol–water partition coefficient (Wildman–Crippen LogP) is 4.77. The molecular weight excluding hydrogens is 322 g/mol. The Morgan fingerprint density at radius 1 is 1.08 bits per heavy atom. The minimum Gasteiger partial charge on any atom is -0.497 e. The van der Waals surface area contributed by atoms with Gasteiger partial charge in [-0.05, 0) is 55.2 Å². The van der Waals surface area contributed by atoms with Crippen molar-refractivity contribution in [1.29, 1.82) is 0 Å². The minimum atomic E-state index is 0.495. The average Bonchev–Trinajstić information content (AvgIpc) is 2.83. The molecule has 1 aromatic heterocycles. The molecule has 24 heavy (non-hydrogen) atoms. The summed E-state index contributed by atoms with van der Waals surface area (Å²) in [6.45, 7) is 0.883. The SMILES string of the molecule is COc1ccc2c(c1)CCCCN2c1nc(Cl)c2ccccc2n1. The summed E-state index contributed by atoms with van der Waals surface area (Å²) in [4.78, 5) is 11.5. The van der Waals surface area contributed by atoms with Crippen LogP contribution in [0.3, 0.4) is 0 Å². The molecular formula is C19H18ClN3O. The number of benzene rings is 2. The van der Waals surface area contributed by atoms with Gasteiger partial charge in [-0.3, -0.25) is 0 Å². The summed E-state index contributed by atoms with van der Waals surface area (Å²) in [5.74, 6) is 1.54. The summed E-state index contributed by atoms with van der Waals surface area (Å²) >= 11 is 6.40. The number of para-hydroxylation sites is 1. The van der Waals surface area contributed by atoms with E-state index in [0.717, 1.165) is 48.1 Å². The molecule has 0 aliphatic carbocycles. The smallest absolute Gasteiger partial charge is 0.231 e. The van der Waals surface area contributed by atoms with Crippen LogP contribution in [0.15, 0.2) is 42.5 Å². The molecule has 1 aliphatic heterocycles. The Morgan fingerprint density at radius 2 is 1.96 bits per heavy atom. The van der Waals surface area contributed by atoms with E-state index in [2.05, 4.69) is 22.0 Å². The first-order valence-electron chi connectivity index (χ1n) is 8.13. The van der Waals surface area contributed by atoms with Gasteiger partial charge < -0.3 is 9.64 Å². The quantitative estimate of drug-likeness (QED) is 0.630. The van der Waals surface area contributed by atoms with Gasteiger partial charge in [0.15, 0.2) is 0 Å². The largest absolute Gasteiger partial charge is 0.497 e. The number of halogens is 1. The topological polar surface area (TPSA) is 38.2 Å². The third-order valence-corrected chi connectivity index (χ3v) is 4.73. The van der Waals surface area contributed by atoms with E-state index in [0.29, 0.717) is 11.1 Å². The molecule has 0 atom stereocenters. The van der Waals surface area contributed by atoms with Crippen LogP contribution in [0.25, 0.3) is 10.9 Å². The van der Waals surface area contributed by atoms with E-state index in [-0.39, 0.29) is 0 Å². The van der Waals surface area contributed by atoms with Gasteiger partial charge in [-0.1, -0.05) is 23.7 Å². The first-order chi connectivity index (χ1) is 11.8. The normalized spacial score (nSPS) is 14.3. The summed E-state index contributed by atoms with van der Waals surface area (Å²) in [7, 11) is 1.70. The lowest BCUT2D eigenvalue weighted by molar-refractivity contribution is 0.414. The van der Waals surface area contributed by atoms with Crippen molar-refractivity contribution in [2.45, 2.75) is 19.3 Å². The van der Waals surface area contributed by atoms with E-state index in [1.165, 1.54) is 5.56 Å². The van der Waals surface area contributed by atoms with Crippen LogP contribution in [-0.4, -0.2) is 23.6 Å². The molecule has 0 radical (unpaired) electrons. The zero-order chi connectivity index (χ0) is 16.5. The van der Waals surface area contributed by atoms with Crippen molar-refractivity contribution in [2.75, 3.05) is 18.6 Å². The molecule has 4 nitrogen and oxygen atoms in total. The number of nitrogens with zero attached hydrogens (tertiary/aromatic N) is 3. The molecule has 0 bridgehead atoms. The first kappa shape index (κ1) is 15.2. The van der Waals surface area contributed by atoms with Crippen LogP contribution in [0, 0.1) is 0 Å². The van der Waals surface area contributed by atoms with E-state index in [1.807, 2.05) is 30.3 Å². The second kappa shape index (κ2) is 6.29. The van der Waals surface area contributed by atoms with Gasteiger partial charge in [-0.2, -0.15) is 4.98 Å². The summed E-state index contributed by atoms with van der Waals surface area (Å²) in [6, 6.07) is 14.0. The molecule has 4 rings (SSSR count). The van der Waals surface area contributed by atoms with Crippen molar-refractivity contribution >= 4 is 34.1 Å². The van der Waals surface area contributed by atoms with Crippen molar-refractivity contribution in [2.24, 2.45) is 0 Å². The van der Waals surface area contributed by atoms with Gasteiger partial charge in [-0.25, -0.2) is 4.98 Å². The van der Waals surface area contributed by atoms with Gasteiger partial charge >= 0.3 is 0 Å². The Labute approximate surface area is 146 Å². The molecule has 122 valence electrons. The average molecular weight is 340 g/mol. The zero-order valence-electron chi connectivity index (χ0n) is 13.5. The van der Waals surface area contributed by atoms with E-state index in [1.54, 1.807) is 7.11 Å². The highest BCUT2D eigenvalue weighted by Gasteiger charge is 2.20. The summed E-state index contributed by atoms with van der Waals surface area (Å²) < 4.78 is 5.37. The summed E-state index contributed by atoms with van der Waals surface area (Å²) in [5.41, 5.74) is 3.27. The second-order valence-corrected chi connectivity index (χ2v) is 6.29. The lowest BCUT2D eigenvalue weighted by Gasteiger charge is -2.23. The summed E-state index contributed by atoms with van der Waals surface area (Å²) in [5, 5.41) is 1.38. The number of hydrogen-bond acceptors (Lipinski definition) is 4. The molecule has 2 aromatic carbocycles. The molecule has 0 fully saturated rings. The van der Waals surface area contributed by atoms with Crippen LogP contribution in [0.1, 0.15) is 18.4 Å². The highest BCUT2D eigenvalue weighted by molar-refractivity contribution is 6.34. The first-order valence-corrected chi connectivity index (χ1v) is 8.51. The molecule has 0 spiro atoms. The van der Waals surface area contributed by atoms with Crippen molar-refractivity contribution < 1.29 is 4.74 Å². The van der Waals surface area contributed by atoms with Crippen molar-refractivity contribution in [1.82, 2.24) is 9.97 Å². The van der Waals surface area contributed by atoms with Gasteiger partial charge in [-0.15, -0.1) is 0 Å². The number of methoxy groups -OCH3 is 1. The van der Waals surface area contributed by atoms with Gasteiger partial charge in [0.1, 0.15) is 10.9 Å². The third kappa shape index (κ3) is 2.67. The van der Waals surface area contributed by atoms with Crippen LogP contribution < -0.4 is 9.64 Å². The number of ether oxygens (including phenoxy) is 1. The molecule has 0 saturated carbocycles. The number of hydrogen-bond donors (Lipinski definition) is 0. The Hall–Kier alpha value is -2.33. The van der Waals surface area contributed by atoms with Gasteiger partial charge in [0.05, 0.1) is 12.6 Å². The fourth-order valence-corrected chi connectivity index (χ4v) is 3.45. The minimum absolute atomic E-state index is 0.495. The van der Waals surface area contributed by atoms with Crippen LogP contribution in [-0.2, 0) is 6.42 Å². The van der Waals surface area contributed by atoms with Crippen LogP contribution >= 0.6 is 11.6 Å². The van der Waals surface area contributed by atoms with E-state index < -0.39 is 0 Å². The number of rotatable bonds is 2. The monoisotopic (exact) mass is 339 g/mol. The summed E-state index contributed by atoms with van der Waals surface area (Å²) in [6.07, 6.45) is 3.26. The lowest BCUT2D eigenvalue weighted by atomic mass is 10.1. The van der Waals surface area contributed by atoms with E-state index >= 15 is 0 Å². The molecule has 3 aromatic rings. The Balaban J connectivity index is 1.85. The standard InChI is InChI=1S/C19H18ClN3O/c1-24-14-9-10-17-13(12-14)6-4-5-11-23(17)19-21-16-8-3-2-7-15(16)18(20)22-19/h2-3,7-10,12H,4-6,11H2,1H3. The Morgan fingerprint density at radius 3 is 2.83 bits per heavy atom. The van der Waals surface area contributed by atoms with Gasteiger partial charge in [0, 0.05) is 17.6 Å². The molecule has 0 N–H and O–H groups in total. The van der Waals surface area contributed by atoms with E-state index in [4.69, 9.17) is 21.3 Å². The number of aromatic nitrogens is 2. The number of anilines is 2. The fraction of sp³-hybridized carbons (Fsp3) is 0.263. The van der Waals surface area contributed by atoms with Crippen LogP contribution in [0.2, 0.25) is 5.15 Å². The van der Waals surface area contributed by atoms with Crippen molar-refractivity contribution in [3.05, 3.63) is 53.2 Å². The van der Waals surface area contributed by atoms with Crippen molar-refractivity contribution in [3.8, 4) is 5.75 Å². The Bertz CT molecular complexity index is 897. The molecule has 2 heterocycles. The molecule has 0 amide bonds. The van der Waals surface area contributed by atoms with Crippen molar-refractivity contribution in [3.63, 3.8) is 0 Å². The number of aryl methyl sites for hydroxylation is 1. The maximum Gasteiger partial charge on any atom is 0.231 e. The van der Waals surface area contributed by atoms with Gasteiger partial charge in [0.25, 0.3) is 0 Å². The lowest BCUT2D eigenvalue weighted by Crippen LogP contribution is -2.20.